The summed E-state index contributed by atoms with van der Waals surface area (Å²) in [7, 11) is 0. The van der Waals surface area contributed by atoms with Gasteiger partial charge >= 0.3 is 0 Å². The van der Waals surface area contributed by atoms with E-state index >= 15 is 0 Å². The van der Waals surface area contributed by atoms with Gasteiger partial charge in [-0.3, -0.25) is 4.90 Å². The molecular formula is C17H26N4O3. The van der Waals surface area contributed by atoms with E-state index in [1.807, 2.05) is 0 Å². The third-order valence-electron chi connectivity index (χ3n) is 4.34. The molecule has 1 aliphatic heterocycles. The number of aromatic nitrogens is 3. The Morgan fingerprint density at radius 2 is 2.12 bits per heavy atom. The van der Waals surface area contributed by atoms with Crippen molar-refractivity contribution in [1.29, 1.82) is 0 Å². The predicted molar refractivity (Wildman–Crippen MR) is 87.4 cm³/mol. The highest BCUT2D eigenvalue weighted by molar-refractivity contribution is 5.06. The lowest BCUT2D eigenvalue weighted by Gasteiger charge is -2.37. The van der Waals surface area contributed by atoms with Gasteiger partial charge in [-0.2, -0.15) is 4.98 Å². The Labute approximate surface area is 142 Å². The number of nitrogens with zero attached hydrogens (tertiary/aromatic N) is 4. The van der Waals surface area contributed by atoms with Crippen molar-refractivity contribution in [2.45, 2.75) is 64.5 Å². The van der Waals surface area contributed by atoms with Crippen LogP contribution in [0.2, 0.25) is 0 Å². The van der Waals surface area contributed by atoms with Crippen molar-refractivity contribution >= 4 is 0 Å². The molecule has 3 rings (SSSR count). The van der Waals surface area contributed by atoms with E-state index in [-0.39, 0.29) is 5.41 Å². The van der Waals surface area contributed by atoms with Crippen LogP contribution in [-0.4, -0.2) is 43.8 Å². The Bertz CT molecular complexity index is 688. The number of hydrogen-bond acceptors (Lipinski definition) is 7. The summed E-state index contributed by atoms with van der Waals surface area (Å²) in [5, 5.41) is 14.7. The number of likely N-dealkylation sites (tertiary alicyclic amines) is 1. The summed E-state index contributed by atoms with van der Waals surface area (Å²) in [4.78, 5) is 10.8. The molecule has 1 aliphatic rings. The molecule has 7 heteroatoms. The van der Waals surface area contributed by atoms with Crippen molar-refractivity contribution in [2.75, 3.05) is 13.1 Å². The zero-order valence-corrected chi connectivity index (χ0v) is 14.9. The van der Waals surface area contributed by atoms with Crippen molar-refractivity contribution in [2.24, 2.45) is 0 Å². The molecule has 1 N–H and O–H groups in total. The fourth-order valence-corrected chi connectivity index (χ4v) is 3.10. The van der Waals surface area contributed by atoms with Gasteiger partial charge in [0.2, 0.25) is 11.8 Å². The fourth-order valence-electron chi connectivity index (χ4n) is 3.10. The van der Waals surface area contributed by atoms with Crippen molar-refractivity contribution in [3.8, 4) is 0 Å². The van der Waals surface area contributed by atoms with E-state index in [4.69, 9.17) is 8.94 Å². The number of aryl methyl sites for hydroxylation is 1. The molecule has 2 aromatic heterocycles. The number of oxazole rings is 1. The van der Waals surface area contributed by atoms with Crippen LogP contribution in [0.15, 0.2) is 15.1 Å². The average Bonchev–Trinajstić information content (AvgIpc) is 3.07. The van der Waals surface area contributed by atoms with E-state index in [0.29, 0.717) is 37.1 Å². The standard InChI is InChI=1S/C17H26N4O3/c1-12-19-14(24-20-12)8-17(22)6-5-7-21(11-17)10-15-18-9-13(23-15)16(2,3)4/h9,22H,5-8,10-11H2,1-4H3. The first-order valence-corrected chi connectivity index (χ1v) is 8.43. The van der Waals surface area contributed by atoms with Crippen molar-refractivity contribution < 1.29 is 14.0 Å². The van der Waals surface area contributed by atoms with E-state index in [1.165, 1.54) is 0 Å². The van der Waals surface area contributed by atoms with Gasteiger partial charge in [0.1, 0.15) is 5.76 Å². The first-order valence-electron chi connectivity index (χ1n) is 8.43. The van der Waals surface area contributed by atoms with Gasteiger partial charge < -0.3 is 14.0 Å². The second-order valence-corrected chi connectivity index (χ2v) is 7.82. The number of piperidine rings is 1. The van der Waals surface area contributed by atoms with Gasteiger partial charge in [-0.05, 0) is 26.3 Å². The maximum Gasteiger partial charge on any atom is 0.229 e. The van der Waals surface area contributed by atoms with E-state index in [1.54, 1.807) is 13.1 Å². The van der Waals surface area contributed by atoms with Crippen molar-refractivity contribution in [3.63, 3.8) is 0 Å². The van der Waals surface area contributed by atoms with Gasteiger partial charge in [-0.25, -0.2) is 4.98 Å². The number of hydrogen-bond donors (Lipinski definition) is 1. The van der Waals surface area contributed by atoms with E-state index < -0.39 is 5.60 Å². The zero-order valence-electron chi connectivity index (χ0n) is 14.9. The monoisotopic (exact) mass is 334 g/mol. The highest BCUT2D eigenvalue weighted by Gasteiger charge is 2.35. The van der Waals surface area contributed by atoms with E-state index in [2.05, 4.69) is 40.8 Å². The van der Waals surface area contributed by atoms with Crippen LogP contribution in [0.4, 0.5) is 0 Å². The molecule has 0 saturated carbocycles. The van der Waals surface area contributed by atoms with Crippen LogP contribution in [0.3, 0.4) is 0 Å². The lowest BCUT2D eigenvalue weighted by Crippen LogP contribution is -2.49. The molecule has 1 atom stereocenters. The maximum atomic E-state index is 10.9. The molecule has 0 amide bonds. The largest absolute Gasteiger partial charge is 0.444 e. The van der Waals surface area contributed by atoms with E-state index in [0.717, 1.165) is 25.1 Å². The van der Waals surface area contributed by atoms with Crippen LogP contribution in [-0.2, 0) is 18.4 Å². The van der Waals surface area contributed by atoms with Crippen LogP contribution in [0, 0.1) is 6.92 Å². The van der Waals surface area contributed by atoms with Crippen LogP contribution < -0.4 is 0 Å². The second kappa shape index (κ2) is 6.29. The Hall–Kier alpha value is -1.73. The summed E-state index contributed by atoms with van der Waals surface area (Å²) in [6, 6.07) is 0. The normalized spacial score (nSPS) is 22.9. The van der Waals surface area contributed by atoms with Crippen LogP contribution in [0.5, 0.6) is 0 Å². The minimum absolute atomic E-state index is 0.0519. The molecule has 1 fully saturated rings. The minimum atomic E-state index is -0.851. The van der Waals surface area contributed by atoms with Crippen molar-refractivity contribution in [3.05, 3.63) is 29.6 Å². The highest BCUT2D eigenvalue weighted by atomic mass is 16.5. The first kappa shape index (κ1) is 17.1. The van der Waals surface area contributed by atoms with Gasteiger partial charge in [-0.15, -0.1) is 0 Å². The third-order valence-corrected chi connectivity index (χ3v) is 4.34. The molecule has 0 radical (unpaired) electrons. The summed E-state index contributed by atoms with van der Waals surface area (Å²) in [6.07, 6.45) is 3.82. The molecule has 1 saturated heterocycles. The summed E-state index contributed by atoms with van der Waals surface area (Å²) in [5.41, 5.74) is -0.902. The minimum Gasteiger partial charge on any atom is -0.444 e. The molecule has 1 unspecified atom stereocenters. The molecule has 0 aromatic carbocycles. The van der Waals surface area contributed by atoms with Crippen LogP contribution in [0.25, 0.3) is 0 Å². The highest BCUT2D eigenvalue weighted by Crippen LogP contribution is 2.27. The van der Waals surface area contributed by atoms with Crippen molar-refractivity contribution in [1.82, 2.24) is 20.0 Å². The smallest absolute Gasteiger partial charge is 0.229 e. The average molecular weight is 334 g/mol. The summed E-state index contributed by atoms with van der Waals surface area (Å²) >= 11 is 0. The number of aliphatic hydroxyl groups is 1. The topological polar surface area (TPSA) is 88.4 Å². The molecule has 132 valence electrons. The molecule has 0 spiro atoms. The summed E-state index contributed by atoms with van der Waals surface area (Å²) in [6.45, 7) is 10.1. The Morgan fingerprint density at radius 3 is 2.75 bits per heavy atom. The number of β-amino-alcohol motifs (C(OH)–C–C–N with tert-alkyl or cyclic N) is 1. The molecule has 0 aliphatic carbocycles. The summed E-state index contributed by atoms with van der Waals surface area (Å²) < 4.78 is 11.0. The Kier molecular flexibility index (Phi) is 4.48. The molecule has 7 nitrogen and oxygen atoms in total. The lowest BCUT2D eigenvalue weighted by atomic mass is 9.89. The second-order valence-electron chi connectivity index (χ2n) is 7.82. The number of rotatable bonds is 4. The summed E-state index contributed by atoms with van der Waals surface area (Å²) in [5.74, 6) is 2.66. The van der Waals surface area contributed by atoms with Gasteiger partial charge in [0.15, 0.2) is 5.82 Å². The van der Waals surface area contributed by atoms with Gasteiger partial charge in [0.25, 0.3) is 0 Å². The zero-order chi connectivity index (χ0) is 17.4. The van der Waals surface area contributed by atoms with Gasteiger partial charge in [0, 0.05) is 12.0 Å². The quantitative estimate of drug-likeness (QED) is 0.917. The van der Waals surface area contributed by atoms with Gasteiger partial charge in [0.05, 0.1) is 24.8 Å². The van der Waals surface area contributed by atoms with Gasteiger partial charge in [-0.1, -0.05) is 25.9 Å². The lowest BCUT2D eigenvalue weighted by molar-refractivity contribution is -0.0392. The van der Waals surface area contributed by atoms with Crippen LogP contribution >= 0.6 is 0 Å². The Morgan fingerprint density at radius 1 is 1.33 bits per heavy atom. The van der Waals surface area contributed by atoms with E-state index in [9.17, 15) is 5.11 Å². The SMILES string of the molecule is Cc1noc(CC2(O)CCCN(Cc3ncc(C(C)(C)C)o3)C2)n1. The van der Waals surface area contributed by atoms with Crippen LogP contribution in [0.1, 0.15) is 57.0 Å². The maximum absolute atomic E-state index is 10.9. The molecule has 0 bridgehead atoms. The Balaban J connectivity index is 1.63. The molecule has 3 heterocycles. The fraction of sp³-hybridized carbons (Fsp3) is 0.706. The third kappa shape index (κ3) is 4.02. The molecule has 24 heavy (non-hydrogen) atoms. The first-order chi connectivity index (χ1) is 11.2. The molecule has 2 aromatic rings. The predicted octanol–water partition coefficient (Wildman–Crippen LogP) is 2.23. The molecular weight excluding hydrogens is 308 g/mol.